The molecule has 2 atom stereocenters. The first-order valence-electron chi connectivity index (χ1n) is 8.06. The van der Waals surface area contributed by atoms with E-state index in [1.807, 2.05) is 0 Å². The summed E-state index contributed by atoms with van der Waals surface area (Å²) in [7, 11) is 0. The summed E-state index contributed by atoms with van der Waals surface area (Å²) in [6.07, 6.45) is 6.43. The summed E-state index contributed by atoms with van der Waals surface area (Å²) in [5.41, 5.74) is 22.8. The molecule has 20 heavy (non-hydrogen) atoms. The van der Waals surface area contributed by atoms with Crippen LogP contribution in [0.3, 0.4) is 0 Å². The molecule has 10 N–H and O–H groups in total. The van der Waals surface area contributed by atoms with E-state index in [2.05, 4.69) is 10.6 Å². The van der Waals surface area contributed by atoms with Gasteiger partial charge in [-0.3, -0.25) is 0 Å². The fraction of sp³-hybridized carbons (Fsp3) is 1.00. The molecule has 0 bridgehead atoms. The van der Waals surface area contributed by atoms with Gasteiger partial charge in [-0.15, -0.1) is 0 Å². The van der Waals surface area contributed by atoms with E-state index < -0.39 is 0 Å². The normalized spacial score (nSPS) is 14.4. The average Bonchev–Trinajstić information content (AvgIpc) is 2.46. The minimum atomic E-state index is 0.177. The van der Waals surface area contributed by atoms with Gasteiger partial charge in [-0.1, -0.05) is 12.8 Å². The lowest BCUT2D eigenvalue weighted by atomic mass is 10.0. The molecule has 0 spiro atoms. The van der Waals surface area contributed by atoms with Crippen molar-refractivity contribution >= 4 is 0 Å². The third-order valence-corrected chi connectivity index (χ3v) is 3.47. The Bertz CT molecular complexity index is 191. The molecule has 0 heterocycles. The van der Waals surface area contributed by atoms with Gasteiger partial charge in [0.25, 0.3) is 0 Å². The Balaban J connectivity index is 3.92. The van der Waals surface area contributed by atoms with E-state index in [1.165, 1.54) is 6.42 Å². The molecule has 2 unspecified atom stereocenters. The van der Waals surface area contributed by atoms with Crippen LogP contribution < -0.4 is 33.6 Å². The lowest BCUT2D eigenvalue weighted by Crippen LogP contribution is -2.51. The van der Waals surface area contributed by atoms with Crippen molar-refractivity contribution in [2.24, 2.45) is 22.9 Å². The highest BCUT2D eigenvalue weighted by atomic mass is 15.0. The smallest absolute Gasteiger partial charge is 0.0344 e. The molecule has 0 saturated heterocycles. The minimum Gasteiger partial charge on any atom is -0.330 e. The van der Waals surface area contributed by atoms with E-state index >= 15 is 0 Å². The Morgan fingerprint density at radius 1 is 0.750 bits per heavy atom. The fourth-order valence-corrected chi connectivity index (χ4v) is 2.15. The Morgan fingerprint density at radius 3 is 2.05 bits per heavy atom. The number of nitrogens with two attached hydrogens (primary N) is 4. The molecule has 0 aliphatic carbocycles. The van der Waals surface area contributed by atoms with Crippen LogP contribution in [0, 0.1) is 0 Å². The highest BCUT2D eigenvalue weighted by Gasteiger charge is 2.16. The highest BCUT2D eigenvalue weighted by Crippen LogP contribution is 2.05. The summed E-state index contributed by atoms with van der Waals surface area (Å²) in [6, 6.07) is 0.480. The summed E-state index contributed by atoms with van der Waals surface area (Å²) in [6.45, 7) is 4.98. The number of unbranched alkanes of at least 4 members (excludes halogenated alkanes) is 2. The van der Waals surface area contributed by atoms with Crippen molar-refractivity contribution in [2.45, 2.75) is 50.6 Å². The van der Waals surface area contributed by atoms with Crippen molar-refractivity contribution in [3.8, 4) is 0 Å². The molecule has 0 aliphatic heterocycles. The second-order valence-electron chi connectivity index (χ2n) is 5.35. The van der Waals surface area contributed by atoms with Crippen LogP contribution in [0.4, 0.5) is 0 Å². The molecule has 0 aromatic carbocycles. The standard InChI is InChI=1S/C14H36N6/c15-7-3-1-2-6-13(18)14(20-11-5-9-17)12-19-10-4-8-16/h13-14,19-20H,1-12,15-18H2. The van der Waals surface area contributed by atoms with Crippen LogP contribution in [-0.2, 0) is 0 Å². The molecular formula is C14H36N6. The Hall–Kier alpha value is -0.240. The summed E-state index contributed by atoms with van der Waals surface area (Å²) in [5, 5.41) is 6.94. The van der Waals surface area contributed by atoms with E-state index in [9.17, 15) is 0 Å². The van der Waals surface area contributed by atoms with Gasteiger partial charge in [-0.05, 0) is 58.4 Å². The maximum atomic E-state index is 6.31. The minimum absolute atomic E-state index is 0.177. The quantitative estimate of drug-likeness (QED) is 0.216. The van der Waals surface area contributed by atoms with Gasteiger partial charge in [0.1, 0.15) is 0 Å². The lowest BCUT2D eigenvalue weighted by Gasteiger charge is -2.26. The topological polar surface area (TPSA) is 128 Å². The second-order valence-corrected chi connectivity index (χ2v) is 5.35. The van der Waals surface area contributed by atoms with E-state index in [0.29, 0.717) is 12.6 Å². The van der Waals surface area contributed by atoms with Gasteiger partial charge >= 0.3 is 0 Å². The molecule has 0 radical (unpaired) electrons. The van der Waals surface area contributed by atoms with Crippen molar-refractivity contribution in [1.29, 1.82) is 0 Å². The van der Waals surface area contributed by atoms with Crippen LogP contribution in [0.1, 0.15) is 38.5 Å². The largest absolute Gasteiger partial charge is 0.330 e. The van der Waals surface area contributed by atoms with E-state index in [-0.39, 0.29) is 6.04 Å². The highest BCUT2D eigenvalue weighted by molar-refractivity contribution is 4.81. The number of hydrogen-bond donors (Lipinski definition) is 6. The summed E-state index contributed by atoms with van der Waals surface area (Å²) in [4.78, 5) is 0. The maximum absolute atomic E-state index is 6.31. The van der Waals surface area contributed by atoms with Gasteiger partial charge < -0.3 is 33.6 Å². The third kappa shape index (κ3) is 11.6. The number of hydrogen-bond acceptors (Lipinski definition) is 6. The molecule has 0 aromatic rings. The Labute approximate surface area is 124 Å². The molecule has 0 fully saturated rings. The molecule has 0 saturated carbocycles. The molecule has 0 rings (SSSR count). The fourth-order valence-electron chi connectivity index (χ4n) is 2.15. The summed E-state index contributed by atoms with van der Waals surface area (Å²) >= 11 is 0. The van der Waals surface area contributed by atoms with Crippen LogP contribution in [0.2, 0.25) is 0 Å². The van der Waals surface area contributed by atoms with Gasteiger partial charge in [0.05, 0.1) is 0 Å². The first-order valence-corrected chi connectivity index (χ1v) is 8.06. The van der Waals surface area contributed by atoms with E-state index in [0.717, 1.165) is 64.8 Å². The van der Waals surface area contributed by atoms with Crippen molar-refractivity contribution in [2.75, 3.05) is 39.3 Å². The molecule has 0 aromatic heterocycles. The Morgan fingerprint density at radius 2 is 1.40 bits per heavy atom. The molecular weight excluding hydrogens is 252 g/mol. The maximum Gasteiger partial charge on any atom is 0.0344 e. The predicted molar refractivity (Wildman–Crippen MR) is 87.5 cm³/mol. The lowest BCUT2D eigenvalue weighted by molar-refractivity contribution is 0.380. The van der Waals surface area contributed by atoms with Gasteiger partial charge in [-0.2, -0.15) is 0 Å². The zero-order valence-corrected chi connectivity index (χ0v) is 12.9. The molecule has 6 nitrogen and oxygen atoms in total. The van der Waals surface area contributed by atoms with Crippen LogP contribution in [0.15, 0.2) is 0 Å². The summed E-state index contributed by atoms with van der Waals surface area (Å²) in [5.74, 6) is 0. The van der Waals surface area contributed by atoms with Crippen molar-refractivity contribution < 1.29 is 0 Å². The zero-order valence-electron chi connectivity index (χ0n) is 12.9. The number of rotatable bonds is 15. The van der Waals surface area contributed by atoms with Crippen LogP contribution in [0.5, 0.6) is 0 Å². The molecule has 0 aliphatic rings. The Kier molecular flexibility index (Phi) is 15.0. The number of nitrogens with one attached hydrogen (secondary N) is 2. The SMILES string of the molecule is NCCCCCC(N)C(CNCCCN)NCCCN. The van der Waals surface area contributed by atoms with Gasteiger partial charge in [0.2, 0.25) is 0 Å². The van der Waals surface area contributed by atoms with Crippen LogP contribution in [0.25, 0.3) is 0 Å². The van der Waals surface area contributed by atoms with Gasteiger partial charge in [0.15, 0.2) is 0 Å². The monoisotopic (exact) mass is 288 g/mol. The second kappa shape index (κ2) is 15.2. The average molecular weight is 288 g/mol. The molecule has 0 amide bonds. The predicted octanol–water partition coefficient (Wildman–Crippen LogP) is -0.922. The van der Waals surface area contributed by atoms with Crippen molar-refractivity contribution in [1.82, 2.24) is 10.6 Å². The van der Waals surface area contributed by atoms with E-state index in [4.69, 9.17) is 22.9 Å². The summed E-state index contributed by atoms with van der Waals surface area (Å²) < 4.78 is 0. The zero-order chi connectivity index (χ0) is 15.1. The third-order valence-electron chi connectivity index (χ3n) is 3.47. The van der Waals surface area contributed by atoms with Crippen molar-refractivity contribution in [3.05, 3.63) is 0 Å². The van der Waals surface area contributed by atoms with Crippen LogP contribution in [-0.4, -0.2) is 51.4 Å². The van der Waals surface area contributed by atoms with Crippen LogP contribution >= 0.6 is 0 Å². The first kappa shape index (κ1) is 19.8. The molecule has 6 heteroatoms. The van der Waals surface area contributed by atoms with Gasteiger partial charge in [0, 0.05) is 18.6 Å². The first-order chi connectivity index (χ1) is 9.76. The van der Waals surface area contributed by atoms with Gasteiger partial charge in [-0.25, -0.2) is 0 Å². The van der Waals surface area contributed by atoms with Crippen molar-refractivity contribution in [3.63, 3.8) is 0 Å². The molecule has 122 valence electrons. The van der Waals surface area contributed by atoms with E-state index in [1.54, 1.807) is 0 Å².